The van der Waals surface area contributed by atoms with E-state index in [1.807, 2.05) is 0 Å². The molecule has 7 fully saturated rings. The van der Waals surface area contributed by atoms with Crippen LogP contribution in [-0.4, -0.2) is 195 Å². The van der Waals surface area contributed by atoms with Gasteiger partial charge in [-0.25, -0.2) is 4.79 Å². The molecule has 3 heterocycles. The second-order valence-electron chi connectivity index (χ2n) is 26.3. The molecule has 0 spiro atoms. The van der Waals surface area contributed by atoms with Crippen LogP contribution in [0.4, 0.5) is 0 Å². The zero-order chi connectivity index (χ0) is 58.4. The number of aliphatic hydroxyl groups excluding tert-OH is 9. The van der Waals surface area contributed by atoms with Crippen LogP contribution in [-0.2, 0) is 58.7 Å². The van der Waals surface area contributed by atoms with Gasteiger partial charge < -0.3 is 93.7 Å². The molecule has 0 amide bonds. The molecule has 0 bridgehead atoms. The molecule has 23 unspecified atom stereocenters. The SMILES string of the molecule is COC(=O)C1OC(OC2CCC3(C)C(CCC4(C)C3CC=C3C5CC(C)(C)CCC5(C(=O)OC5OCC(O)C(OC6OC(CO)C(O)C(O)C6O)C5OC(=O)CCc5ccc(O)c(OC)c5)C(O)CC34C)C2(C)C)C(O)C(O)C1O. The van der Waals surface area contributed by atoms with E-state index < -0.39 is 152 Å². The Morgan fingerprint density at radius 1 is 0.725 bits per heavy atom. The number of benzene rings is 1. The first-order valence-electron chi connectivity index (χ1n) is 28.4. The van der Waals surface area contributed by atoms with Gasteiger partial charge in [0.05, 0.1) is 39.6 Å². The molecule has 8 aliphatic rings. The molecule has 5 aliphatic carbocycles. The number of hydrogen-bond acceptors (Lipinski definition) is 22. The molecule has 0 aromatic heterocycles. The van der Waals surface area contributed by atoms with Gasteiger partial charge in [-0.05, 0) is 127 Å². The number of hydrogen-bond donors (Lipinski definition) is 10. The fourth-order valence-corrected chi connectivity index (χ4v) is 16.4. The van der Waals surface area contributed by atoms with E-state index in [1.165, 1.54) is 13.2 Å². The van der Waals surface area contributed by atoms with Crippen LogP contribution < -0.4 is 4.74 Å². The van der Waals surface area contributed by atoms with Gasteiger partial charge in [-0.1, -0.05) is 66.2 Å². The number of allylic oxidation sites excluding steroid dienone is 2. The second kappa shape index (κ2) is 22.4. The van der Waals surface area contributed by atoms with Gasteiger partial charge in [-0.3, -0.25) is 9.59 Å². The van der Waals surface area contributed by atoms with Crippen LogP contribution in [0.5, 0.6) is 11.5 Å². The van der Waals surface area contributed by atoms with Crippen LogP contribution in [0.2, 0.25) is 0 Å². The maximum atomic E-state index is 15.6. The number of fused-ring (bicyclic) bond motifs is 7. The minimum absolute atomic E-state index is 0.0927. The molecular weight excluding hydrogens is 1050 g/mol. The maximum Gasteiger partial charge on any atom is 0.337 e. The van der Waals surface area contributed by atoms with Gasteiger partial charge in [0.15, 0.2) is 36.3 Å². The van der Waals surface area contributed by atoms with E-state index in [4.69, 9.17) is 42.6 Å². The lowest BCUT2D eigenvalue weighted by molar-refractivity contribution is -0.347. The molecule has 10 N–H and O–H groups in total. The second-order valence-corrected chi connectivity index (χ2v) is 26.3. The smallest absolute Gasteiger partial charge is 0.337 e. The lowest BCUT2D eigenvalue weighted by Gasteiger charge is -2.71. The van der Waals surface area contributed by atoms with Crippen LogP contribution in [0, 0.1) is 50.2 Å². The monoisotopic (exact) mass is 1130 g/mol. The highest BCUT2D eigenvalue weighted by molar-refractivity contribution is 5.80. The molecule has 1 aromatic rings. The number of rotatable bonds is 13. The number of aromatic hydroxyl groups is 1. The number of phenolic OH excluding ortho intramolecular Hbond substituents is 1. The van der Waals surface area contributed by atoms with E-state index in [2.05, 4.69) is 54.5 Å². The molecule has 80 heavy (non-hydrogen) atoms. The third-order valence-corrected chi connectivity index (χ3v) is 21.2. The summed E-state index contributed by atoms with van der Waals surface area (Å²) in [6.45, 7) is 14.2. The van der Waals surface area contributed by atoms with Gasteiger partial charge in [0.2, 0.25) is 6.29 Å². The Kier molecular flexibility index (Phi) is 17.1. The number of methoxy groups -OCH3 is 2. The standard InChI is InChI=1S/C58H86O22/c1-53(2)20-21-58(52(71)80-51-47(77-38(63)15-11-27-10-13-30(60)32(22-27)72-8)45(31(61)26-74-51)78-49-43(68)40(65)39(64)33(25-59)75-49)29(23-53)28-12-14-35-55(5)18-17-37(76-50-44(69)41(66)42(67)46(79-50)48(70)73-9)54(3,4)34(55)16-19-56(35,6)57(28,7)24-36(58)62/h10,12-13,22,29,31,33-37,39-47,49-51,59-62,64-69H,11,14-21,23-26H2,1-9H3. The summed E-state index contributed by atoms with van der Waals surface area (Å²) in [5.74, 6) is -2.78. The Labute approximate surface area is 466 Å². The van der Waals surface area contributed by atoms with Crippen molar-refractivity contribution in [3.63, 3.8) is 0 Å². The number of carbonyl (C=O) groups is 3. The van der Waals surface area contributed by atoms with Gasteiger partial charge >= 0.3 is 17.9 Å². The first-order valence-corrected chi connectivity index (χ1v) is 28.4. The van der Waals surface area contributed by atoms with Crippen molar-refractivity contribution in [3.8, 4) is 11.5 Å². The minimum Gasteiger partial charge on any atom is -0.504 e. The summed E-state index contributed by atoms with van der Waals surface area (Å²) in [4.78, 5) is 42.1. The van der Waals surface area contributed by atoms with Crippen molar-refractivity contribution >= 4 is 17.9 Å². The average Bonchev–Trinajstić information content (AvgIpc) is 2.00. The molecule has 9 rings (SSSR count). The van der Waals surface area contributed by atoms with E-state index in [9.17, 15) is 60.7 Å². The predicted molar refractivity (Wildman–Crippen MR) is 277 cm³/mol. The van der Waals surface area contributed by atoms with Crippen molar-refractivity contribution in [2.45, 2.75) is 217 Å². The summed E-state index contributed by atoms with van der Waals surface area (Å²) in [7, 11) is 2.52. The summed E-state index contributed by atoms with van der Waals surface area (Å²) in [5, 5.41) is 109. The molecule has 3 aliphatic heterocycles. The first-order chi connectivity index (χ1) is 37.5. The molecule has 22 nitrogen and oxygen atoms in total. The molecule has 4 saturated carbocycles. The maximum absolute atomic E-state index is 15.6. The highest BCUT2D eigenvalue weighted by Crippen LogP contribution is 2.76. The number of carbonyl (C=O) groups excluding carboxylic acids is 3. The first kappa shape index (κ1) is 61.0. The molecule has 23 atom stereocenters. The molecular formula is C58H86O22. The number of ether oxygens (including phenoxy) is 9. The zero-order valence-electron chi connectivity index (χ0n) is 47.3. The van der Waals surface area contributed by atoms with Gasteiger partial charge in [0, 0.05) is 6.42 Å². The lowest BCUT2D eigenvalue weighted by atomic mass is 9.33. The quantitative estimate of drug-likeness (QED) is 0.0583. The number of esters is 3. The van der Waals surface area contributed by atoms with Crippen molar-refractivity contribution in [2.24, 2.45) is 50.2 Å². The Morgan fingerprint density at radius 2 is 1.41 bits per heavy atom. The molecule has 1 aromatic carbocycles. The third kappa shape index (κ3) is 10.2. The van der Waals surface area contributed by atoms with E-state index in [1.54, 1.807) is 12.1 Å². The molecule has 450 valence electrons. The van der Waals surface area contributed by atoms with E-state index in [0.29, 0.717) is 31.2 Å². The molecule has 0 radical (unpaired) electrons. The topological polar surface area (TPSA) is 337 Å². The third-order valence-electron chi connectivity index (χ3n) is 21.2. The van der Waals surface area contributed by atoms with Crippen molar-refractivity contribution in [1.29, 1.82) is 0 Å². The predicted octanol–water partition coefficient (Wildman–Crippen LogP) is 1.83. The Balaban J connectivity index is 0.993. The highest BCUT2D eigenvalue weighted by atomic mass is 16.8. The van der Waals surface area contributed by atoms with Gasteiger partial charge in [0.25, 0.3) is 0 Å². The molecule has 3 saturated heterocycles. The van der Waals surface area contributed by atoms with Crippen LogP contribution in [0.3, 0.4) is 0 Å². The van der Waals surface area contributed by atoms with Gasteiger partial charge in [0.1, 0.15) is 60.4 Å². The van der Waals surface area contributed by atoms with Crippen molar-refractivity contribution in [2.75, 3.05) is 27.4 Å². The van der Waals surface area contributed by atoms with Crippen LogP contribution >= 0.6 is 0 Å². The van der Waals surface area contributed by atoms with Crippen molar-refractivity contribution in [3.05, 3.63) is 35.4 Å². The highest BCUT2D eigenvalue weighted by Gasteiger charge is 2.72. The normalized spacial score (nSPS) is 45.8. The fraction of sp³-hybridized carbons (Fsp3) is 0.810. The summed E-state index contributed by atoms with van der Waals surface area (Å²) in [5.41, 5.74) is -1.87. The summed E-state index contributed by atoms with van der Waals surface area (Å²) in [6.07, 6.45) is -18.0. The minimum atomic E-state index is -1.91. The summed E-state index contributed by atoms with van der Waals surface area (Å²) < 4.78 is 52.6. The van der Waals surface area contributed by atoms with Crippen LogP contribution in [0.25, 0.3) is 0 Å². The Morgan fingerprint density at radius 3 is 2.09 bits per heavy atom. The lowest BCUT2D eigenvalue weighted by Crippen LogP contribution is -2.68. The van der Waals surface area contributed by atoms with E-state index in [-0.39, 0.29) is 65.3 Å². The largest absolute Gasteiger partial charge is 0.504 e. The fourth-order valence-electron chi connectivity index (χ4n) is 16.4. The summed E-state index contributed by atoms with van der Waals surface area (Å²) >= 11 is 0. The molecule has 22 heteroatoms. The Hall–Kier alpha value is -3.59. The van der Waals surface area contributed by atoms with E-state index >= 15 is 4.79 Å². The van der Waals surface area contributed by atoms with Crippen LogP contribution in [0.15, 0.2) is 29.8 Å². The number of phenols is 1. The van der Waals surface area contributed by atoms with Crippen molar-refractivity contribution < 1.29 is 108 Å². The van der Waals surface area contributed by atoms with Gasteiger partial charge in [-0.2, -0.15) is 0 Å². The zero-order valence-corrected chi connectivity index (χ0v) is 47.3. The Bertz CT molecular complexity index is 2470. The average molecular weight is 1140 g/mol. The van der Waals surface area contributed by atoms with Gasteiger partial charge in [-0.15, -0.1) is 0 Å². The number of aliphatic hydroxyl groups is 9. The summed E-state index contributed by atoms with van der Waals surface area (Å²) in [6, 6.07) is 4.56. The van der Waals surface area contributed by atoms with Crippen LogP contribution in [0.1, 0.15) is 118 Å². The number of aryl methyl sites for hydroxylation is 1. The van der Waals surface area contributed by atoms with Crippen molar-refractivity contribution in [1.82, 2.24) is 0 Å². The van der Waals surface area contributed by atoms with E-state index in [0.717, 1.165) is 31.9 Å².